The number of methoxy groups -OCH3 is 1. The molecule has 3 rings (SSSR count). The lowest BCUT2D eigenvalue weighted by atomic mass is 10.2. The number of rotatable bonds is 5. The van der Waals surface area contributed by atoms with E-state index in [0.717, 1.165) is 18.1 Å². The van der Waals surface area contributed by atoms with E-state index >= 15 is 0 Å². The highest BCUT2D eigenvalue weighted by Crippen LogP contribution is 2.15. The second-order valence-corrected chi connectivity index (χ2v) is 6.05. The van der Waals surface area contributed by atoms with Gasteiger partial charge in [0.15, 0.2) is 5.96 Å². The van der Waals surface area contributed by atoms with Crippen molar-refractivity contribution >= 4 is 5.96 Å². The van der Waals surface area contributed by atoms with Crippen LogP contribution in [0.25, 0.3) is 5.69 Å². The number of ether oxygens (including phenoxy) is 2. The Kier molecular flexibility index (Phi) is 6.19. The first-order chi connectivity index (χ1) is 12.7. The first-order valence-electron chi connectivity index (χ1n) is 8.54. The number of nitrogens with one attached hydrogen (secondary N) is 1. The minimum atomic E-state index is -0.288. The maximum absolute atomic E-state index is 14.4. The molecule has 1 unspecified atom stereocenters. The summed E-state index contributed by atoms with van der Waals surface area (Å²) < 4.78 is 26.8. The summed E-state index contributed by atoms with van der Waals surface area (Å²) in [7, 11) is 3.41. The van der Waals surface area contributed by atoms with E-state index in [0.29, 0.717) is 32.0 Å². The Morgan fingerprint density at radius 2 is 2.38 bits per heavy atom. The fraction of sp³-hybridized carbons (Fsp3) is 0.444. The summed E-state index contributed by atoms with van der Waals surface area (Å²) in [5.74, 6) is 0.484. The Morgan fingerprint density at radius 3 is 3.08 bits per heavy atom. The summed E-state index contributed by atoms with van der Waals surface area (Å²) in [6.45, 7) is 3.13. The maximum Gasteiger partial charge on any atom is 0.194 e. The fourth-order valence-corrected chi connectivity index (χ4v) is 2.98. The Hall–Kier alpha value is -2.45. The van der Waals surface area contributed by atoms with E-state index in [1.54, 1.807) is 43.5 Å². The largest absolute Gasteiger partial charge is 0.382 e. The first kappa shape index (κ1) is 18.3. The molecule has 1 aromatic heterocycles. The third-order valence-electron chi connectivity index (χ3n) is 4.25. The maximum atomic E-state index is 14.4. The Morgan fingerprint density at radius 1 is 1.50 bits per heavy atom. The monoisotopic (exact) mass is 361 g/mol. The van der Waals surface area contributed by atoms with Gasteiger partial charge in [-0.25, -0.2) is 9.37 Å². The standard InChI is InChI=1S/C18H24FN5O2/c1-20-18(23-7-8-26-15(11-23)12-25-2)22-10-14-3-4-17(16(19)9-14)24-6-5-21-13-24/h3-6,9,13,15H,7-8,10-12H2,1-2H3,(H,20,22). The molecule has 1 N–H and O–H groups in total. The van der Waals surface area contributed by atoms with Gasteiger partial charge in [-0.2, -0.15) is 0 Å². The molecule has 0 saturated carbocycles. The van der Waals surface area contributed by atoms with Crippen molar-refractivity contribution in [1.29, 1.82) is 0 Å². The molecule has 7 nitrogen and oxygen atoms in total. The van der Waals surface area contributed by atoms with Gasteiger partial charge >= 0.3 is 0 Å². The molecule has 8 heteroatoms. The Balaban J connectivity index is 1.61. The zero-order valence-electron chi connectivity index (χ0n) is 15.1. The van der Waals surface area contributed by atoms with Crippen LogP contribution in [0.2, 0.25) is 0 Å². The molecule has 0 bridgehead atoms. The average molecular weight is 361 g/mol. The molecular weight excluding hydrogens is 337 g/mol. The average Bonchev–Trinajstić information content (AvgIpc) is 3.17. The molecule has 1 aliphatic heterocycles. The van der Waals surface area contributed by atoms with Gasteiger partial charge in [-0.15, -0.1) is 0 Å². The van der Waals surface area contributed by atoms with Crippen LogP contribution in [0.5, 0.6) is 0 Å². The van der Waals surface area contributed by atoms with Crippen LogP contribution in [0.15, 0.2) is 41.9 Å². The number of hydrogen-bond donors (Lipinski definition) is 1. The van der Waals surface area contributed by atoms with E-state index in [-0.39, 0.29) is 11.9 Å². The fourth-order valence-electron chi connectivity index (χ4n) is 2.98. The summed E-state index contributed by atoms with van der Waals surface area (Å²) >= 11 is 0. The number of nitrogens with zero attached hydrogens (tertiary/aromatic N) is 4. The molecule has 2 aromatic rings. The van der Waals surface area contributed by atoms with Gasteiger partial charge in [0.05, 0.1) is 31.3 Å². The Labute approximate surface area is 152 Å². The van der Waals surface area contributed by atoms with E-state index in [9.17, 15) is 4.39 Å². The first-order valence-corrected chi connectivity index (χ1v) is 8.54. The van der Waals surface area contributed by atoms with Crippen LogP contribution < -0.4 is 5.32 Å². The lowest BCUT2D eigenvalue weighted by Gasteiger charge is -2.34. The third-order valence-corrected chi connectivity index (χ3v) is 4.25. The summed E-state index contributed by atoms with van der Waals surface area (Å²) in [6.07, 6.45) is 4.94. The van der Waals surface area contributed by atoms with Crippen LogP contribution >= 0.6 is 0 Å². The molecule has 0 spiro atoms. The molecule has 2 heterocycles. The third kappa shape index (κ3) is 4.39. The minimum Gasteiger partial charge on any atom is -0.382 e. The molecule has 0 amide bonds. The van der Waals surface area contributed by atoms with E-state index in [4.69, 9.17) is 9.47 Å². The number of halogens is 1. The molecule has 26 heavy (non-hydrogen) atoms. The Bertz CT molecular complexity index is 733. The van der Waals surface area contributed by atoms with Crippen LogP contribution in [-0.2, 0) is 16.0 Å². The van der Waals surface area contributed by atoms with Crippen molar-refractivity contribution in [2.24, 2.45) is 4.99 Å². The number of hydrogen-bond acceptors (Lipinski definition) is 4. The summed E-state index contributed by atoms with van der Waals surface area (Å²) in [5.41, 5.74) is 1.32. The van der Waals surface area contributed by atoms with Crippen molar-refractivity contribution < 1.29 is 13.9 Å². The molecule has 1 aromatic carbocycles. The van der Waals surface area contributed by atoms with Gasteiger partial charge in [-0.05, 0) is 17.7 Å². The van der Waals surface area contributed by atoms with Gasteiger partial charge in [0, 0.05) is 46.2 Å². The number of aromatic nitrogens is 2. The molecule has 1 saturated heterocycles. The highest BCUT2D eigenvalue weighted by Gasteiger charge is 2.22. The van der Waals surface area contributed by atoms with Gasteiger partial charge < -0.3 is 24.3 Å². The number of aliphatic imine (C=N–C) groups is 1. The molecule has 140 valence electrons. The quantitative estimate of drug-likeness (QED) is 0.645. The lowest BCUT2D eigenvalue weighted by molar-refractivity contribution is -0.0447. The SMILES string of the molecule is CN=C(NCc1ccc(-n2ccnc2)c(F)c1)N1CCOC(COC)C1. The van der Waals surface area contributed by atoms with E-state index in [1.807, 2.05) is 6.07 Å². The van der Waals surface area contributed by atoms with Gasteiger partial charge in [0.25, 0.3) is 0 Å². The van der Waals surface area contributed by atoms with Crippen molar-refractivity contribution in [3.05, 3.63) is 48.3 Å². The predicted octanol–water partition coefficient (Wildman–Crippen LogP) is 1.43. The van der Waals surface area contributed by atoms with Crippen LogP contribution in [0.3, 0.4) is 0 Å². The minimum absolute atomic E-state index is 0.0270. The zero-order valence-corrected chi connectivity index (χ0v) is 15.1. The van der Waals surface area contributed by atoms with Gasteiger partial charge in [-0.3, -0.25) is 4.99 Å². The van der Waals surface area contributed by atoms with E-state index < -0.39 is 0 Å². The van der Waals surface area contributed by atoms with Crippen molar-refractivity contribution in [3.8, 4) is 5.69 Å². The highest BCUT2D eigenvalue weighted by molar-refractivity contribution is 5.80. The van der Waals surface area contributed by atoms with Gasteiger partial charge in [-0.1, -0.05) is 6.07 Å². The summed E-state index contributed by atoms with van der Waals surface area (Å²) in [4.78, 5) is 10.4. The highest BCUT2D eigenvalue weighted by atomic mass is 19.1. The number of morpholine rings is 1. The van der Waals surface area contributed by atoms with Crippen molar-refractivity contribution in [3.63, 3.8) is 0 Å². The second kappa shape index (κ2) is 8.77. The molecule has 1 fully saturated rings. The van der Waals surface area contributed by atoms with Crippen molar-refractivity contribution in [1.82, 2.24) is 19.8 Å². The molecule has 1 atom stereocenters. The lowest BCUT2D eigenvalue weighted by Crippen LogP contribution is -2.51. The number of guanidine groups is 1. The van der Waals surface area contributed by atoms with Crippen molar-refractivity contribution in [2.75, 3.05) is 40.5 Å². The number of benzene rings is 1. The molecular formula is C18H24FN5O2. The van der Waals surface area contributed by atoms with E-state index in [1.165, 1.54) is 6.07 Å². The topological polar surface area (TPSA) is 63.9 Å². The summed E-state index contributed by atoms with van der Waals surface area (Å²) in [5, 5.41) is 3.29. The van der Waals surface area contributed by atoms with Gasteiger partial charge in [0.2, 0.25) is 0 Å². The molecule has 0 radical (unpaired) electrons. The van der Waals surface area contributed by atoms with Crippen LogP contribution in [-0.4, -0.2) is 67.0 Å². The van der Waals surface area contributed by atoms with E-state index in [2.05, 4.69) is 20.2 Å². The normalized spacial score (nSPS) is 18.2. The number of imidazole rings is 1. The second-order valence-electron chi connectivity index (χ2n) is 6.05. The molecule has 0 aliphatic carbocycles. The summed E-state index contributed by atoms with van der Waals surface area (Å²) in [6, 6.07) is 5.18. The van der Waals surface area contributed by atoms with Gasteiger partial charge in [0.1, 0.15) is 5.82 Å². The molecule has 1 aliphatic rings. The van der Waals surface area contributed by atoms with Crippen molar-refractivity contribution in [2.45, 2.75) is 12.6 Å². The smallest absolute Gasteiger partial charge is 0.194 e. The zero-order chi connectivity index (χ0) is 18.4. The van der Waals surface area contributed by atoms with Crippen LogP contribution in [0, 0.1) is 5.82 Å². The van der Waals surface area contributed by atoms with Crippen LogP contribution in [0.4, 0.5) is 4.39 Å². The van der Waals surface area contributed by atoms with Crippen LogP contribution in [0.1, 0.15) is 5.56 Å². The predicted molar refractivity (Wildman–Crippen MR) is 96.9 cm³/mol.